The molecule has 9 heteroatoms. The lowest BCUT2D eigenvalue weighted by Crippen LogP contribution is -2.20. The van der Waals surface area contributed by atoms with Gasteiger partial charge in [-0.05, 0) is 6.07 Å². The van der Waals surface area contributed by atoms with Crippen LogP contribution >= 0.6 is 12.2 Å². The van der Waals surface area contributed by atoms with Gasteiger partial charge in [-0.2, -0.15) is 10.2 Å². The van der Waals surface area contributed by atoms with Gasteiger partial charge in [-0.3, -0.25) is 14.7 Å². The molecule has 0 atom stereocenters. The van der Waals surface area contributed by atoms with Gasteiger partial charge in [-0.25, -0.2) is 5.10 Å². The van der Waals surface area contributed by atoms with Crippen molar-refractivity contribution >= 4 is 28.9 Å². The Kier molecular flexibility index (Phi) is 3.15. The summed E-state index contributed by atoms with van der Waals surface area (Å²) in [5.41, 5.74) is 5.53. The second kappa shape index (κ2) is 4.75. The van der Waals surface area contributed by atoms with Crippen molar-refractivity contribution in [3.63, 3.8) is 0 Å². The molecule has 0 bridgehead atoms. The molecule has 1 amide bonds. The van der Waals surface area contributed by atoms with Crippen LogP contribution in [0.3, 0.4) is 0 Å². The Morgan fingerprint density at radius 1 is 1.39 bits per heavy atom. The van der Waals surface area contributed by atoms with Crippen LogP contribution in [0.5, 0.6) is 0 Å². The molecular formula is C9H8N6O2S. The Hall–Kier alpha value is -2.55. The van der Waals surface area contributed by atoms with Gasteiger partial charge >= 0.3 is 0 Å². The van der Waals surface area contributed by atoms with Crippen molar-refractivity contribution in [2.75, 3.05) is 5.32 Å². The van der Waals surface area contributed by atoms with E-state index >= 15 is 0 Å². The summed E-state index contributed by atoms with van der Waals surface area (Å²) in [5.74, 6) is -0.242. The van der Waals surface area contributed by atoms with Crippen molar-refractivity contribution in [1.82, 2.24) is 20.4 Å². The van der Waals surface area contributed by atoms with Crippen LogP contribution in [0, 0.1) is 0 Å². The zero-order valence-electron chi connectivity index (χ0n) is 8.93. The van der Waals surface area contributed by atoms with E-state index in [1.165, 1.54) is 18.3 Å². The van der Waals surface area contributed by atoms with Gasteiger partial charge in [-0.1, -0.05) is 12.2 Å². The maximum atomic E-state index is 11.8. The van der Waals surface area contributed by atoms with Crippen molar-refractivity contribution in [3.05, 3.63) is 39.9 Å². The highest BCUT2D eigenvalue weighted by molar-refractivity contribution is 7.80. The monoisotopic (exact) mass is 264 g/mol. The third-order valence-corrected chi connectivity index (χ3v) is 2.28. The van der Waals surface area contributed by atoms with Gasteiger partial charge in [0.25, 0.3) is 11.5 Å². The maximum Gasteiger partial charge on any atom is 0.277 e. The SMILES string of the molecule is NC(=S)c1cn[nH]c1NC(=O)c1ccc(=O)[nH]n1. The number of carbonyl (C=O) groups excluding carboxylic acids is 1. The number of carbonyl (C=O) groups is 1. The predicted octanol–water partition coefficient (Wildman–Crippen LogP) is -0.621. The lowest BCUT2D eigenvalue weighted by atomic mass is 10.3. The molecule has 0 saturated carbocycles. The summed E-state index contributed by atoms with van der Waals surface area (Å²) in [6.07, 6.45) is 1.40. The molecule has 0 spiro atoms. The van der Waals surface area contributed by atoms with Crippen molar-refractivity contribution in [3.8, 4) is 0 Å². The van der Waals surface area contributed by atoms with E-state index in [1.54, 1.807) is 0 Å². The van der Waals surface area contributed by atoms with E-state index in [4.69, 9.17) is 18.0 Å². The number of thiocarbonyl (C=S) groups is 1. The number of anilines is 1. The van der Waals surface area contributed by atoms with E-state index in [1.807, 2.05) is 0 Å². The molecule has 0 aliphatic carbocycles. The van der Waals surface area contributed by atoms with Crippen molar-refractivity contribution in [2.24, 2.45) is 5.73 Å². The van der Waals surface area contributed by atoms with Crippen LogP contribution in [0.2, 0.25) is 0 Å². The number of rotatable bonds is 3. The lowest BCUT2D eigenvalue weighted by molar-refractivity contribution is 0.102. The molecule has 92 valence electrons. The largest absolute Gasteiger partial charge is 0.389 e. The molecule has 0 fully saturated rings. The summed E-state index contributed by atoms with van der Waals surface area (Å²) >= 11 is 4.79. The molecule has 0 aliphatic heterocycles. The van der Waals surface area contributed by atoms with Crippen LogP contribution in [0.4, 0.5) is 5.82 Å². The van der Waals surface area contributed by atoms with Crippen LogP contribution in [0.15, 0.2) is 23.1 Å². The molecule has 18 heavy (non-hydrogen) atoms. The summed E-state index contributed by atoms with van der Waals surface area (Å²) in [6.45, 7) is 0. The molecule has 2 aromatic heterocycles. The number of nitrogens with one attached hydrogen (secondary N) is 3. The van der Waals surface area contributed by atoms with Gasteiger partial charge < -0.3 is 11.1 Å². The van der Waals surface area contributed by atoms with Gasteiger partial charge in [0.15, 0.2) is 0 Å². The molecule has 2 heterocycles. The highest BCUT2D eigenvalue weighted by Crippen LogP contribution is 2.11. The number of nitrogens with zero attached hydrogens (tertiary/aromatic N) is 2. The fourth-order valence-electron chi connectivity index (χ4n) is 1.22. The molecule has 2 rings (SSSR count). The number of H-pyrrole nitrogens is 2. The fourth-order valence-corrected chi connectivity index (χ4v) is 1.37. The highest BCUT2D eigenvalue weighted by atomic mass is 32.1. The van der Waals surface area contributed by atoms with E-state index in [-0.39, 0.29) is 16.5 Å². The molecular weight excluding hydrogens is 256 g/mol. The summed E-state index contributed by atoms with van der Waals surface area (Å²) in [4.78, 5) is 22.7. The summed E-state index contributed by atoms with van der Waals surface area (Å²) in [6, 6.07) is 2.49. The smallest absolute Gasteiger partial charge is 0.277 e. The third-order valence-electron chi connectivity index (χ3n) is 2.06. The van der Waals surface area contributed by atoms with Crippen molar-refractivity contribution < 1.29 is 4.79 Å². The maximum absolute atomic E-state index is 11.8. The average molecular weight is 264 g/mol. The van der Waals surface area contributed by atoms with E-state index in [2.05, 4.69) is 25.7 Å². The first-order valence-electron chi connectivity index (χ1n) is 4.78. The number of nitrogens with two attached hydrogens (primary N) is 1. The van der Waals surface area contributed by atoms with Gasteiger partial charge in [0.05, 0.1) is 11.8 Å². The minimum atomic E-state index is -0.520. The molecule has 0 aromatic carbocycles. The highest BCUT2D eigenvalue weighted by Gasteiger charge is 2.13. The molecule has 2 aromatic rings. The second-order valence-electron chi connectivity index (χ2n) is 3.28. The van der Waals surface area contributed by atoms with E-state index in [0.29, 0.717) is 5.56 Å². The molecule has 0 unspecified atom stereocenters. The van der Waals surface area contributed by atoms with Gasteiger partial charge in [0.1, 0.15) is 16.5 Å². The topological polar surface area (TPSA) is 130 Å². The van der Waals surface area contributed by atoms with Gasteiger partial charge in [-0.15, -0.1) is 0 Å². The number of aromatic amines is 2. The number of hydrogen-bond donors (Lipinski definition) is 4. The quantitative estimate of drug-likeness (QED) is 0.547. The molecule has 0 aliphatic rings. The number of hydrogen-bond acceptors (Lipinski definition) is 5. The van der Waals surface area contributed by atoms with Crippen molar-refractivity contribution in [1.29, 1.82) is 0 Å². The fraction of sp³-hybridized carbons (Fsp3) is 0. The van der Waals surface area contributed by atoms with Crippen LogP contribution in [0.1, 0.15) is 16.1 Å². The molecule has 0 saturated heterocycles. The number of amides is 1. The first-order chi connectivity index (χ1) is 8.58. The first-order valence-corrected chi connectivity index (χ1v) is 5.19. The Morgan fingerprint density at radius 3 is 2.78 bits per heavy atom. The van der Waals surface area contributed by atoms with Crippen molar-refractivity contribution in [2.45, 2.75) is 0 Å². The molecule has 0 radical (unpaired) electrons. The van der Waals surface area contributed by atoms with Crippen LogP contribution in [-0.4, -0.2) is 31.3 Å². The van der Waals surface area contributed by atoms with E-state index in [0.717, 1.165) is 0 Å². The normalized spacial score (nSPS) is 10.0. The zero-order valence-corrected chi connectivity index (χ0v) is 9.75. The minimum absolute atomic E-state index is 0.0538. The standard InChI is InChI=1S/C9H8N6O2S/c10-7(18)4-3-11-15-8(4)12-9(17)5-1-2-6(16)14-13-5/h1-3H,(H2,10,18)(H,14,16)(H2,11,12,15,17). The Labute approximate surface area is 106 Å². The Bertz CT molecular complexity index is 641. The number of aromatic nitrogens is 4. The van der Waals surface area contributed by atoms with Crippen LogP contribution in [-0.2, 0) is 0 Å². The minimum Gasteiger partial charge on any atom is -0.389 e. The lowest BCUT2D eigenvalue weighted by Gasteiger charge is -2.03. The van der Waals surface area contributed by atoms with E-state index < -0.39 is 11.5 Å². The van der Waals surface area contributed by atoms with Crippen LogP contribution < -0.4 is 16.6 Å². The first kappa shape index (κ1) is 11.9. The molecule has 5 N–H and O–H groups in total. The Morgan fingerprint density at radius 2 is 2.17 bits per heavy atom. The molecule has 8 nitrogen and oxygen atoms in total. The van der Waals surface area contributed by atoms with E-state index in [9.17, 15) is 9.59 Å². The van der Waals surface area contributed by atoms with Gasteiger partial charge in [0.2, 0.25) is 0 Å². The predicted molar refractivity (Wildman–Crippen MR) is 67.3 cm³/mol. The average Bonchev–Trinajstić information content (AvgIpc) is 2.78. The summed E-state index contributed by atoms with van der Waals surface area (Å²) in [5, 5.41) is 14.5. The summed E-state index contributed by atoms with van der Waals surface area (Å²) < 4.78 is 0. The third kappa shape index (κ3) is 2.40. The second-order valence-corrected chi connectivity index (χ2v) is 3.72. The zero-order chi connectivity index (χ0) is 13.1. The Balaban J connectivity index is 2.21. The van der Waals surface area contributed by atoms with Gasteiger partial charge in [0, 0.05) is 6.07 Å². The van der Waals surface area contributed by atoms with Crippen LogP contribution in [0.25, 0.3) is 0 Å². The summed E-state index contributed by atoms with van der Waals surface area (Å²) in [7, 11) is 0.